The fourth-order valence-electron chi connectivity index (χ4n) is 1.17. The fourth-order valence-corrected chi connectivity index (χ4v) is 1.80. The van der Waals surface area contributed by atoms with Crippen LogP contribution in [0.1, 0.15) is 0 Å². The summed E-state index contributed by atoms with van der Waals surface area (Å²) in [5.74, 6) is 0.264. The molecule has 0 bridgehead atoms. The van der Waals surface area contributed by atoms with Crippen molar-refractivity contribution in [2.45, 2.75) is 4.90 Å². The second kappa shape index (κ2) is 2.71. The Morgan fingerprint density at radius 2 is 2.14 bits per heavy atom. The van der Waals surface area contributed by atoms with Gasteiger partial charge in [0.25, 0.3) is 0 Å². The normalized spacial score (nSPS) is 12.1. The predicted octanol–water partition coefficient (Wildman–Crippen LogP) is 0.814. The number of nitrogens with zero attached hydrogens (tertiary/aromatic N) is 1. The van der Waals surface area contributed by atoms with E-state index in [0.717, 1.165) is 6.26 Å². The molecular weight excluding hydrogens is 204 g/mol. The molecule has 0 saturated heterocycles. The lowest BCUT2D eigenvalue weighted by Gasteiger charge is -1.95. The third-order valence-electron chi connectivity index (χ3n) is 1.90. The predicted molar refractivity (Wildman–Crippen MR) is 51.5 cm³/mol. The zero-order valence-electron chi connectivity index (χ0n) is 7.39. The highest BCUT2D eigenvalue weighted by Gasteiger charge is 2.11. The zero-order valence-corrected chi connectivity index (χ0v) is 8.21. The summed E-state index contributed by atoms with van der Waals surface area (Å²) in [5.41, 5.74) is 5.86. The van der Waals surface area contributed by atoms with Crippen LogP contribution < -0.4 is 5.73 Å². The van der Waals surface area contributed by atoms with Crippen LogP contribution in [-0.2, 0) is 9.84 Å². The maximum Gasteiger partial charge on any atom is 0.175 e. The van der Waals surface area contributed by atoms with Gasteiger partial charge < -0.3 is 10.3 Å². The van der Waals surface area contributed by atoms with Gasteiger partial charge in [-0.1, -0.05) is 5.16 Å². The van der Waals surface area contributed by atoms with Crippen molar-refractivity contribution < 1.29 is 12.9 Å². The lowest BCUT2D eigenvalue weighted by atomic mass is 10.2. The second-order valence-corrected chi connectivity index (χ2v) is 5.01. The summed E-state index contributed by atoms with van der Waals surface area (Å²) in [5, 5.41) is 4.15. The summed E-state index contributed by atoms with van der Waals surface area (Å²) in [6, 6.07) is 4.47. The van der Waals surface area contributed by atoms with Crippen LogP contribution in [-0.4, -0.2) is 19.8 Å². The van der Waals surface area contributed by atoms with Gasteiger partial charge in [-0.3, -0.25) is 0 Å². The molecular formula is C8H8N2O3S. The first-order valence-electron chi connectivity index (χ1n) is 3.83. The van der Waals surface area contributed by atoms with E-state index in [2.05, 4.69) is 5.16 Å². The molecule has 1 heterocycles. The minimum Gasteiger partial charge on any atom is -0.380 e. The van der Waals surface area contributed by atoms with Crippen molar-refractivity contribution in [2.75, 3.05) is 12.0 Å². The van der Waals surface area contributed by atoms with Crippen LogP contribution in [0.2, 0.25) is 0 Å². The molecule has 2 aromatic rings. The SMILES string of the molecule is CS(=O)(=O)c1ccc2c(N)noc2c1. The van der Waals surface area contributed by atoms with Gasteiger partial charge in [-0.15, -0.1) is 0 Å². The number of sulfone groups is 1. The molecule has 6 heteroatoms. The summed E-state index contributed by atoms with van der Waals surface area (Å²) < 4.78 is 27.2. The third kappa shape index (κ3) is 1.33. The number of anilines is 1. The lowest BCUT2D eigenvalue weighted by Crippen LogP contribution is -1.96. The number of fused-ring (bicyclic) bond motifs is 1. The maximum atomic E-state index is 11.2. The van der Waals surface area contributed by atoms with Crippen LogP contribution in [0.25, 0.3) is 11.0 Å². The van der Waals surface area contributed by atoms with E-state index >= 15 is 0 Å². The Morgan fingerprint density at radius 1 is 1.43 bits per heavy atom. The highest BCUT2D eigenvalue weighted by atomic mass is 32.2. The van der Waals surface area contributed by atoms with Gasteiger partial charge in [0, 0.05) is 12.3 Å². The molecule has 0 spiro atoms. The lowest BCUT2D eigenvalue weighted by molar-refractivity contribution is 0.460. The molecule has 2 rings (SSSR count). The molecule has 0 unspecified atom stereocenters. The summed E-state index contributed by atoms with van der Waals surface area (Å²) in [4.78, 5) is 0.196. The molecule has 0 atom stereocenters. The smallest absolute Gasteiger partial charge is 0.175 e. The van der Waals surface area contributed by atoms with E-state index in [1.54, 1.807) is 6.07 Å². The molecule has 0 aliphatic heterocycles. The molecule has 14 heavy (non-hydrogen) atoms. The van der Waals surface area contributed by atoms with Gasteiger partial charge >= 0.3 is 0 Å². The molecule has 74 valence electrons. The molecule has 0 aliphatic rings. The zero-order chi connectivity index (χ0) is 10.3. The standard InChI is InChI=1S/C8H8N2O3S/c1-14(11,12)5-2-3-6-7(4-5)13-10-8(6)9/h2-4H,1H3,(H2,9,10). The summed E-state index contributed by atoms with van der Waals surface area (Å²) in [6.45, 7) is 0. The molecule has 0 saturated carbocycles. The monoisotopic (exact) mass is 212 g/mol. The molecule has 5 nitrogen and oxygen atoms in total. The van der Waals surface area contributed by atoms with Crippen molar-refractivity contribution in [2.24, 2.45) is 0 Å². The van der Waals surface area contributed by atoms with E-state index in [1.165, 1.54) is 12.1 Å². The van der Waals surface area contributed by atoms with Crippen molar-refractivity contribution in [3.63, 3.8) is 0 Å². The molecule has 1 aromatic heterocycles. The number of aromatic nitrogens is 1. The fraction of sp³-hybridized carbons (Fsp3) is 0.125. The van der Waals surface area contributed by atoms with Crippen molar-refractivity contribution >= 4 is 26.6 Å². The number of rotatable bonds is 1. The van der Waals surface area contributed by atoms with Crippen LogP contribution in [0.5, 0.6) is 0 Å². The first-order chi connectivity index (χ1) is 6.48. The summed E-state index contributed by atoms with van der Waals surface area (Å²) in [6.07, 6.45) is 1.13. The van der Waals surface area contributed by atoms with Crippen LogP contribution in [0.15, 0.2) is 27.6 Å². The molecule has 2 N–H and O–H groups in total. The topological polar surface area (TPSA) is 86.2 Å². The Labute approximate surface area is 80.4 Å². The largest absolute Gasteiger partial charge is 0.380 e. The molecule has 1 aromatic carbocycles. The number of hydrogen-bond donors (Lipinski definition) is 1. The van der Waals surface area contributed by atoms with Crippen molar-refractivity contribution in [3.8, 4) is 0 Å². The Bertz CT molecular complexity index is 586. The van der Waals surface area contributed by atoms with Crippen LogP contribution >= 0.6 is 0 Å². The molecule has 0 radical (unpaired) electrons. The van der Waals surface area contributed by atoms with Crippen LogP contribution in [0.4, 0.5) is 5.82 Å². The summed E-state index contributed by atoms with van der Waals surface area (Å²) in [7, 11) is -3.21. The number of nitrogens with two attached hydrogens (primary N) is 1. The Balaban J connectivity index is 2.76. The highest BCUT2D eigenvalue weighted by molar-refractivity contribution is 7.90. The van der Waals surface area contributed by atoms with Gasteiger partial charge in [-0.25, -0.2) is 8.42 Å². The number of nitrogen functional groups attached to an aromatic ring is 1. The van der Waals surface area contributed by atoms with Crippen molar-refractivity contribution in [1.82, 2.24) is 5.16 Å². The average molecular weight is 212 g/mol. The first kappa shape index (κ1) is 9.01. The Kier molecular flexibility index (Phi) is 1.75. The average Bonchev–Trinajstić information content (AvgIpc) is 2.46. The van der Waals surface area contributed by atoms with Crippen molar-refractivity contribution in [1.29, 1.82) is 0 Å². The highest BCUT2D eigenvalue weighted by Crippen LogP contribution is 2.23. The first-order valence-corrected chi connectivity index (χ1v) is 5.72. The molecule has 0 aliphatic carbocycles. The van der Waals surface area contributed by atoms with E-state index in [1.807, 2.05) is 0 Å². The van der Waals surface area contributed by atoms with Gasteiger partial charge in [-0.2, -0.15) is 0 Å². The quantitative estimate of drug-likeness (QED) is 0.756. The molecule has 0 amide bonds. The van der Waals surface area contributed by atoms with Crippen LogP contribution in [0.3, 0.4) is 0 Å². The minimum absolute atomic E-state index is 0.196. The van der Waals surface area contributed by atoms with Crippen molar-refractivity contribution in [3.05, 3.63) is 18.2 Å². The Hall–Kier alpha value is -1.56. The van der Waals surface area contributed by atoms with Gasteiger partial charge in [0.15, 0.2) is 21.2 Å². The molecule has 0 fully saturated rings. The Morgan fingerprint density at radius 3 is 2.79 bits per heavy atom. The van der Waals surface area contributed by atoms with Gasteiger partial charge in [0.2, 0.25) is 0 Å². The number of hydrogen-bond acceptors (Lipinski definition) is 5. The maximum absolute atomic E-state index is 11.2. The summed E-state index contributed by atoms with van der Waals surface area (Å²) >= 11 is 0. The second-order valence-electron chi connectivity index (χ2n) is 3.00. The van der Waals surface area contributed by atoms with Gasteiger partial charge in [0.05, 0.1) is 10.3 Å². The van der Waals surface area contributed by atoms with Gasteiger partial charge in [0.1, 0.15) is 0 Å². The van der Waals surface area contributed by atoms with E-state index in [4.69, 9.17) is 10.3 Å². The third-order valence-corrected chi connectivity index (χ3v) is 3.01. The van der Waals surface area contributed by atoms with E-state index < -0.39 is 9.84 Å². The van der Waals surface area contributed by atoms with E-state index in [-0.39, 0.29) is 10.7 Å². The van der Waals surface area contributed by atoms with E-state index in [9.17, 15) is 8.42 Å². The van der Waals surface area contributed by atoms with Gasteiger partial charge in [-0.05, 0) is 12.1 Å². The van der Waals surface area contributed by atoms with E-state index in [0.29, 0.717) is 11.0 Å². The minimum atomic E-state index is -3.21. The number of benzene rings is 1. The van der Waals surface area contributed by atoms with Crippen LogP contribution in [0, 0.1) is 0 Å².